The molecule has 1 heterocycles. The smallest absolute Gasteiger partial charge is 0.223 e. The molecule has 0 amide bonds. The average molecular weight is 281 g/mol. The van der Waals surface area contributed by atoms with Crippen molar-refractivity contribution in [1.82, 2.24) is 9.97 Å². The minimum atomic E-state index is 0.453. The number of nitrogens with one attached hydrogen (secondary N) is 1. The molecule has 0 saturated carbocycles. The molecule has 0 aliphatic carbocycles. The Morgan fingerprint density at radius 2 is 1.89 bits per heavy atom. The van der Waals surface area contributed by atoms with Crippen LogP contribution in [0.1, 0.15) is 56.8 Å². The van der Waals surface area contributed by atoms with Crippen molar-refractivity contribution >= 4 is 17.7 Å². The van der Waals surface area contributed by atoms with Gasteiger partial charge in [-0.3, -0.25) is 0 Å². The molecule has 19 heavy (non-hydrogen) atoms. The highest BCUT2D eigenvalue weighted by molar-refractivity contribution is 7.98. The molecule has 0 spiro atoms. The summed E-state index contributed by atoms with van der Waals surface area (Å²) in [6.07, 6.45) is 7.32. The topological polar surface area (TPSA) is 37.8 Å². The van der Waals surface area contributed by atoms with Gasteiger partial charge in [-0.15, -0.1) is 0 Å². The Morgan fingerprint density at radius 3 is 2.58 bits per heavy atom. The number of unbranched alkanes of at least 4 members (excludes halogenated alkanes) is 3. The molecule has 0 bridgehead atoms. The summed E-state index contributed by atoms with van der Waals surface area (Å²) in [6.45, 7) is 7.33. The van der Waals surface area contributed by atoms with E-state index in [1.807, 2.05) is 18.7 Å². The second-order valence-corrected chi connectivity index (χ2v) is 6.23. The normalized spacial score (nSPS) is 11.0. The molecule has 0 fully saturated rings. The summed E-state index contributed by atoms with van der Waals surface area (Å²) in [5, 5.41) is 3.34. The van der Waals surface area contributed by atoms with E-state index in [4.69, 9.17) is 0 Å². The van der Waals surface area contributed by atoms with Gasteiger partial charge in [0.25, 0.3) is 0 Å². The third kappa shape index (κ3) is 6.81. The Hall–Kier alpha value is -0.770. The van der Waals surface area contributed by atoms with Gasteiger partial charge in [-0.2, -0.15) is 11.8 Å². The lowest BCUT2D eigenvalue weighted by atomic mass is 10.1. The maximum atomic E-state index is 4.55. The van der Waals surface area contributed by atoms with Crippen molar-refractivity contribution in [3.05, 3.63) is 17.5 Å². The van der Waals surface area contributed by atoms with Crippen molar-refractivity contribution in [2.75, 3.05) is 23.9 Å². The maximum Gasteiger partial charge on any atom is 0.223 e. The van der Waals surface area contributed by atoms with Crippen LogP contribution in [0.25, 0.3) is 0 Å². The van der Waals surface area contributed by atoms with E-state index in [1.165, 1.54) is 31.4 Å². The lowest BCUT2D eigenvalue weighted by molar-refractivity contribution is 0.686. The number of aryl methyl sites for hydroxylation is 1. The quantitative estimate of drug-likeness (QED) is 0.687. The van der Waals surface area contributed by atoms with E-state index in [0.717, 1.165) is 23.9 Å². The van der Waals surface area contributed by atoms with Crippen LogP contribution in [-0.2, 0) is 0 Å². The summed E-state index contributed by atoms with van der Waals surface area (Å²) in [7, 11) is 0. The van der Waals surface area contributed by atoms with Crippen LogP contribution >= 0.6 is 11.8 Å². The molecule has 0 radical (unpaired) electrons. The lowest BCUT2D eigenvalue weighted by Gasteiger charge is -2.10. The highest BCUT2D eigenvalue weighted by Crippen LogP contribution is 2.14. The third-order valence-electron chi connectivity index (χ3n) is 3.02. The summed E-state index contributed by atoms with van der Waals surface area (Å²) in [5.74, 6) is 2.52. The van der Waals surface area contributed by atoms with Gasteiger partial charge in [0.05, 0.1) is 0 Å². The third-order valence-corrected chi connectivity index (χ3v) is 3.72. The first-order valence-corrected chi connectivity index (χ1v) is 8.61. The van der Waals surface area contributed by atoms with Crippen LogP contribution in [0.15, 0.2) is 6.07 Å². The molecular weight excluding hydrogens is 254 g/mol. The van der Waals surface area contributed by atoms with Crippen molar-refractivity contribution in [2.45, 2.75) is 52.4 Å². The van der Waals surface area contributed by atoms with E-state index < -0.39 is 0 Å². The average Bonchev–Trinajstić information content (AvgIpc) is 2.37. The highest BCUT2D eigenvalue weighted by Gasteiger charge is 2.05. The SMILES string of the molecule is CSCCCCCCNc1nc(C)cc(C(C)C)n1. The van der Waals surface area contributed by atoms with E-state index in [0.29, 0.717) is 5.92 Å². The Bertz CT molecular complexity index is 366. The summed E-state index contributed by atoms with van der Waals surface area (Å²) < 4.78 is 0. The number of aromatic nitrogens is 2. The standard InChI is InChI=1S/C15H27N3S/c1-12(2)14-11-13(3)17-15(18-14)16-9-7-5-6-8-10-19-4/h11-12H,5-10H2,1-4H3,(H,16,17,18). The van der Waals surface area contributed by atoms with Crippen molar-refractivity contribution in [1.29, 1.82) is 0 Å². The molecule has 1 aromatic heterocycles. The van der Waals surface area contributed by atoms with Gasteiger partial charge < -0.3 is 5.32 Å². The van der Waals surface area contributed by atoms with Crippen molar-refractivity contribution < 1.29 is 0 Å². The fourth-order valence-electron chi connectivity index (χ4n) is 1.89. The van der Waals surface area contributed by atoms with Crippen LogP contribution in [0.5, 0.6) is 0 Å². The number of rotatable bonds is 9. The zero-order chi connectivity index (χ0) is 14.1. The van der Waals surface area contributed by atoms with Crippen molar-refractivity contribution in [3.63, 3.8) is 0 Å². The predicted octanol–water partition coefficient (Wildman–Crippen LogP) is 4.24. The van der Waals surface area contributed by atoms with Gasteiger partial charge in [-0.25, -0.2) is 9.97 Å². The van der Waals surface area contributed by atoms with Crippen LogP contribution in [0.4, 0.5) is 5.95 Å². The first kappa shape index (κ1) is 16.3. The van der Waals surface area contributed by atoms with E-state index in [1.54, 1.807) is 0 Å². The zero-order valence-corrected chi connectivity index (χ0v) is 13.5. The molecule has 4 heteroatoms. The van der Waals surface area contributed by atoms with Gasteiger partial charge in [0.15, 0.2) is 0 Å². The molecule has 0 aliphatic heterocycles. The Balaban J connectivity index is 2.29. The minimum absolute atomic E-state index is 0.453. The van der Waals surface area contributed by atoms with Crippen LogP contribution in [0.2, 0.25) is 0 Å². The summed E-state index contributed by atoms with van der Waals surface area (Å²) in [4.78, 5) is 8.99. The first-order chi connectivity index (χ1) is 9.13. The van der Waals surface area contributed by atoms with Crippen LogP contribution in [-0.4, -0.2) is 28.5 Å². The molecule has 1 aromatic rings. The Kier molecular flexibility index (Phi) is 7.87. The monoisotopic (exact) mass is 281 g/mol. The predicted molar refractivity (Wildman–Crippen MR) is 86.2 cm³/mol. The molecule has 0 unspecified atom stereocenters. The van der Waals surface area contributed by atoms with E-state index in [2.05, 4.69) is 41.5 Å². The molecule has 1 N–H and O–H groups in total. The fourth-order valence-corrected chi connectivity index (χ4v) is 2.39. The zero-order valence-electron chi connectivity index (χ0n) is 12.7. The lowest BCUT2D eigenvalue weighted by Crippen LogP contribution is -2.08. The summed E-state index contributed by atoms with van der Waals surface area (Å²) in [5.41, 5.74) is 2.16. The summed E-state index contributed by atoms with van der Waals surface area (Å²) in [6, 6.07) is 2.07. The number of thioether (sulfide) groups is 1. The number of anilines is 1. The van der Waals surface area contributed by atoms with Gasteiger partial charge in [0.2, 0.25) is 5.95 Å². The first-order valence-electron chi connectivity index (χ1n) is 7.22. The molecule has 108 valence electrons. The molecule has 0 atom stereocenters. The number of hydrogen-bond donors (Lipinski definition) is 1. The second-order valence-electron chi connectivity index (χ2n) is 5.25. The van der Waals surface area contributed by atoms with Gasteiger partial charge >= 0.3 is 0 Å². The van der Waals surface area contributed by atoms with Crippen LogP contribution in [0, 0.1) is 6.92 Å². The van der Waals surface area contributed by atoms with Gasteiger partial charge in [0, 0.05) is 17.9 Å². The molecule has 0 aromatic carbocycles. The number of hydrogen-bond acceptors (Lipinski definition) is 4. The maximum absolute atomic E-state index is 4.55. The minimum Gasteiger partial charge on any atom is -0.354 e. The highest BCUT2D eigenvalue weighted by atomic mass is 32.2. The molecule has 0 aliphatic rings. The summed E-state index contributed by atoms with van der Waals surface area (Å²) >= 11 is 1.93. The van der Waals surface area contributed by atoms with E-state index in [-0.39, 0.29) is 0 Å². The fraction of sp³-hybridized carbons (Fsp3) is 0.733. The molecule has 0 saturated heterocycles. The van der Waals surface area contributed by atoms with Crippen molar-refractivity contribution in [2.24, 2.45) is 0 Å². The van der Waals surface area contributed by atoms with Gasteiger partial charge in [-0.1, -0.05) is 26.7 Å². The van der Waals surface area contributed by atoms with Crippen molar-refractivity contribution in [3.8, 4) is 0 Å². The van der Waals surface area contributed by atoms with Crippen LogP contribution < -0.4 is 5.32 Å². The van der Waals surface area contributed by atoms with E-state index >= 15 is 0 Å². The Labute approximate surface area is 122 Å². The molecular formula is C15H27N3S. The number of nitrogens with zero attached hydrogens (tertiary/aromatic N) is 2. The van der Waals surface area contributed by atoms with E-state index in [9.17, 15) is 0 Å². The van der Waals surface area contributed by atoms with Crippen LogP contribution in [0.3, 0.4) is 0 Å². The molecule has 1 rings (SSSR count). The van der Waals surface area contributed by atoms with Gasteiger partial charge in [0.1, 0.15) is 0 Å². The largest absolute Gasteiger partial charge is 0.354 e. The second kappa shape index (κ2) is 9.18. The molecule has 3 nitrogen and oxygen atoms in total. The Morgan fingerprint density at radius 1 is 1.16 bits per heavy atom. The van der Waals surface area contributed by atoms with Gasteiger partial charge in [-0.05, 0) is 43.8 Å².